The molecule has 0 aliphatic carbocycles. The molecule has 2 aromatic rings. The number of carbonyl (C=O) groups is 1. The molecule has 0 spiro atoms. The molecule has 1 fully saturated rings. The van der Waals surface area contributed by atoms with Crippen molar-refractivity contribution in [3.63, 3.8) is 0 Å². The van der Waals surface area contributed by atoms with Gasteiger partial charge >= 0.3 is 0 Å². The van der Waals surface area contributed by atoms with E-state index < -0.39 is 6.10 Å². The van der Waals surface area contributed by atoms with Crippen LogP contribution in [-0.2, 0) is 11.3 Å². The summed E-state index contributed by atoms with van der Waals surface area (Å²) in [7, 11) is 0. The number of fused-ring (bicyclic) bond motifs is 1. The zero-order valence-corrected chi connectivity index (χ0v) is 14.3. The molecule has 1 saturated heterocycles. The first-order valence-corrected chi connectivity index (χ1v) is 8.74. The second kappa shape index (κ2) is 6.68. The predicted octanol–water partition coefficient (Wildman–Crippen LogP) is 1.49. The van der Waals surface area contributed by atoms with Gasteiger partial charge in [0.15, 0.2) is 5.78 Å². The van der Waals surface area contributed by atoms with Gasteiger partial charge in [-0.05, 0) is 31.9 Å². The Kier molecular flexibility index (Phi) is 4.82. The number of aliphatic hydroxyl groups excluding tert-OH is 1. The van der Waals surface area contributed by atoms with Crippen LogP contribution in [0.1, 0.15) is 24.8 Å². The van der Waals surface area contributed by atoms with Gasteiger partial charge in [0.05, 0.1) is 28.7 Å². The molecule has 6 nitrogen and oxygen atoms in total. The van der Waals surface area contributed by atoms with Crippen molar-refractivity contribution in [3.05, 3.63) is 26.6 Å². The summed E-state index contributed by atoms with van der Waals surface area (Å²) in [6.45, 7) is 2.54. The van der Waals surface area contributed by atoms with Gasteiger partial charge in [-0.2, -0.15) is 0 Å². The third kappa shape index (κ3) is 3.33. The maximum absolute atomic E-state index is 12.5. The summed E-state index contributed by atoms with van der Waals surface area (Å²) in [5.74, 6) is -0.106. The molecule has 0 radical (unpaired) electrons. The number of carbonyl (C=O) groups excluding carboxylic acids is 1. The highest BCUT2D eigenvalue weighted by Crippen LogP contribution is 2.30. The van der Waals surface area contributed by atoms with Crippen molar-refractivity contribution in [2.45, 2.75) is 44.9 Å². The largest absolute Gasteiger partial charge is 0.391 e. The SMILES string of the molecule is Cc1c(Cl)sc2ncn(CC(=O)CC3NCCCC3O)c(=O)c12. The normalized spacial score (nSPS) is 21.7. The topological polar surface area (TPSA) is 84.2 Å². The van der Waals surface area contributed by atoms with Crippen LogP contribution in [0.2, 0.25) is 4.34 Å². The summed E-state index contributed by atoms with van der Waals surface area (Å²) in [4.78, 5) is 29.6. The van der Waals surface area contributed by atoms with Gasteiger partial charge in [0, 0.05) is 12.5 Å². The summed E-state index contributed by atoms with van der Waals surface area (Å²) in [5.41, 5.74) is 0.455. The smallest absolute Gasteiger partial charge is 0.262 e. The standard InChI is InChI=1S/C15H18ClN3O3S/c1-8-12-14(23-13(8)16)18-7-19(15(12)22)6-9(20)5-10-11(21)3-2-4-17-10/h7,10-11,17,21H,2-6H2,1H3. The monoisotopic (exact) mass is 355 g/mol. The number of Topliss-reactive ketones (excluding diaryl/α,β-unsaturated/α-hetero) is 1. The zero-order chi connectivity index (χ0) is 16.6. The lowest BCUT2D eigenvalue weighted by atomic mass is 9.97. The Labute approximate surface area is 142 Å². The van der Waals surface area contributed by atoms with Crippen molar-refractivity contribution < 1.29 is 9.90 Å². The highest BCUT2D eigenvalue weighted by atomic mass is 35.5. The molecule has 0 aromatic carbocycles. The quantitative estimate of drug-likeness (QED) is 0.868. The van der Waals surface area contributed by atoms with Crippen LogP contribution >= 0.6 is 22.9 Å². The maximum atomic E-state index is 12.5. The van der Waals surface area contributed by atoms with Gasteiger partial charge in [-0.1, -0.05) is 11.6 Å². The fourth-order valence-electron chi connectivity index (χ4n) is 2.89. The Bertz CT molecular complexity index is 801. The average molecular weight is 356 g/mol. The van der Waals surface area contributed by atoms with Gasteiger partial charge in [-0.15, -0.1) is 11.3 Å². The van der Waals surface area contributed by atoms with Crippen LogP contribution in [0.25, 0.3) is 10.2 Å². The van der Waals surface area contributed by atoms with E-state index in [2.05, 4.69) is 10.3 Å². The number of nitrogens with one attached hydrogen (secondary N) is 1. The van der Waals surface area contributed by atoms with Crippen molar-refractivity contribution in [1.82, 2.24) is 14.9 Å². The number of aryl methyl sites for hydroxylation is 1. The van der Waals surface area contributed by atoms with E-state index in [1.807, 2.05) is 0 Å². The van der Waals surface area contributed by atoms with E-state index in [0.717, 1.165) is 13.0 Å². The molecule has 1 aliphatic rings. The Balaban J connectivity index is 1.78. The lowest BCUT2D eigenvalue weighted by Gasteiger charge is -2.28. The summed E-state index contributed by atoms with van der Waals surface area (Å²) in [6, 6.07) is -0.235. The molecule has 124 valence electrons. The maximum Gasteiger partial charge on any atom is 0.262 e. The molecule has 8 heteroatoms. The van der Waals surface area contributed by atoms with Crippen molar-refractivity contribution in [2.24, 2.45) is 0 Å². The Hall–Kier alpha value is -1.28. The number of rotatable bonds is 4. The molecule has 0 amide bonds. The van der Waals surface area contributed by atoms with E-state index in [4.69, 9.17) is 11.6 Å². The fraction of sp³-hybridized carbons (Fsp3) is 0.533. The van der Waals surface area contributed by atoms with Crippen molar-refractivity contribution in [2.75, 3.05) is 6.54 Å². The summed E-state index contributed by atoms with van der Waals surface area (Å²) in [5, 5.41) is 13.5. The number of halogens is 1. The Morgan fingerprint density at radius 1 is 1.61 bits per heavy atom. The lowest BCUT2D eigenvalue weighted by molar-refractivity contribution is -0.121. The molecule has 2 N–H and O–H groups in total. The molecule has 2 atom stereocenters. The van der Waals surface area contributed by atoms with Gasteiger partial charge < -0.3 is 10.4 Å². The van der Waals surface area contributed by atoms with E-state index in [1.165, 1.54) is 22.2 Å². The zero-order valence-electron chi connectivity index (χ0n) is 12.7. The average Bonchev–Trinajstić information content (AvgIpc) is 2.80. The molecule has 3 heterocycles. The molecule has 0 saturated carbocycles. The Morgan fingerprint density at radius 3 is 3.13 bits per heavy atom. The number of thiophene rings is 1. The van der Waals surface area contributed by atoms with Gasteiger partial charge in [-0.3, -0.25) is 14.2 Å². The first kappa shape index (κ1) is 16.6. The molecule has 3 rings (SSSR count). The molecule has 2 aromatic heterocycles. The van der Waals surface area contributed by atoms with Gasteiger partial charge in [0.2, 0.25) is 0 Å². The van der Waals surface area contributed by atoms with E-state index in [9.17, 15) is 14.7 Å². The molecular weight excluding hydrogens is 338 g/mol. The minimum absolute atomic E-state index is 0.0421. The first-order valence-electron chi connectivity index (χ1n) is 7.54. The van der Waals surface area contributed by atoms with Crippen molar-refractivity contribution in [3.8, 4) is 0 Å². The number of nitrogens with zero attached hydrogens (tertiary/aromatic N) is 2. The van der Waals surface area contributed by atoms with Crippen LogP contribution in [0.15, 0.2) is 11.1 Å². The summed E-state index contributed by atoms with van der Waals surface area (Å²) >= 11 is 7.32. The van der Waals surface area contributed by atoms with Crippen LogP contribution in [0.4, 0.5) is 0 Å². The summed E-state index contributed by atoms with van der Waals surface area (Å²) in [6.07, 6.45) is 2.69. The highest BCUT2D eigenvalue weighted by molar-refractivity contribution is 7.22. The second-order valence-corrected chi connectivity index (χ2v) is 7.47. The number of ketones is 1. The van der Waals surface area contributed by atoms with Gasteiger partial charge in [0.1, 0.15) is 4.83 Å². The van der Waals surface area contributed by atoms with Crippen molar-refractivity contribution >= 4 is 38.9 Å². The summed E-state index contributed by atoms with van der Waals surface area (Å²) < 4.78 is 1.86. The first-order chi connectivity index (χ1) is 11.0. The minimum Gasteiger partial charge on any atom is -0.391 e. The number of hydrogen-bond acceptors (Lipinski definition) is 6. The fourth-order valence-corrected chi connectivity index (χ4v) is 4.07. The van der Waals surface area contributed by atoms with Gasteiger partial charge in [0.25, 0.3) is 5.56 Å². The molecule has 23 heavy (non-hydrogen) atoms. The van der Waals surface area contributed by atoms with Crippen LogP contribution in [0.5, 0.6) is 0 Å². The lowest BCUT2D eigenvalue weighted by Crippen LogP contribution is -2.46. The number of aromatic nitrogens is 2. The number of piperidine rings is 1. The number of hydrogen-bond donors (Lipinski definition) is 2. The van der Waals surface area contributed by atoms with E-state index in [1.54, 1.807) is 6.92 Å². The van der Waals surface area contributed by atoms with E-state index in [0.29, 0.717) is 26.5 Å². The third-order valence-electron chi connectivity index (χ3n) is 4.20. The third-order valence-corrected chi connectivity index (χ3v) is 5.70. The van der Waals surface area contributed by atoms with Crippen LogP contribution in [-0.4, -0.2) is 39.1 Å². The Morgan fingerprint density at radius 2 is 2.39 bits per heavy atom. The molecular formula is C15H18ClN3O3S. The van der Waals surface area contributed by atoms with Crippen LogP contribution < -0.4 is 10.9 Å². The van der Waals surface area contributed by atoms with Gasteiger partial charge in [-0.25, -0.2) is 4.98 Å². The number of aliphatic hydroxyl groups is 1. The predicted molar refractivity (Wildman–Crippen MR) is 90.3 cm³/mol. The van der Waals surface area contributed by atoms with E-state index >= 15 is 0 Å². The minimum atomic E-state index is -0.511. The highest BCUT2D eigenvalue weighted by Gasteiger charge is 2.25. The van der Waals surface area contributed by atoms with Crippen molar-refractivity contribution in [1.29, 1.82) is 0 Å². The molecule has 2 unspecified atom stereocenters. The second-order valence-electron chi connectivity index (χ2n) is 5.87. The van der Waals surface area contributed by atoms with E-state index in [-0.39, 0.29) is 30.3 Å². The van der Waals surface area contributed by atoms with Crippen LogP contribution in [0.3, 0.4) is 0 Å². The molecule has 0 bridgehead atoms. The molecule has 1 aliphatic heterocycles. The van der Waals surface area contributed by atoms with Crippen LogP contribution in [0, 0.1) is 6.92 Å².